The Kier molecular flexibility index (Phi) is 3.74. The fourth-order valence-electron chi connectivity index (χ4n) is 1.96. The van der Waals surface area contributed by atoms with Gasteiger partial charge in [0.1, 0.15) is 0 Å². The van der Waals surface area contributed by atoms with Gasteiger partial charge in [-0.05, 0) is 33.6 Å². The summed E-state index contributed by atoms with van der Waals surface area (Å²) >= 11 is 0. The van der Waals surface area contributed by atoms with Gasteiger partial charge in [-0.15, -0.1) is 0 Å². The van der Waals surface area contributed by atoms with Crippen LogP contribution in [0.3, 0.4) is 0 Å². The molecule has 0 aromatic carbocycles. The Balaban J connectivity index is 2.37. The van der Waals surface area contributed by atoms with Gasteiger partial charge in [0.15, 0.2) is 0 Å². The summed E-state index contributed by atoms with van der Waals surface area (Å²) in [6, 6.07) is 0. The molecule has 0 aliphatic heterocycles. The third-order valence-corrected chi connectivity index (χ3v) is 3.00. The van der Waals surface area contributed by atoms with Crippen molar-refractivity contribution in [1.82, 2.24) is 0 Å². The molecule has 1 N–H and O–H groups in total. The van der Waals surface area contributed by atoms with E-state index in [0.29, 0.717) is 12.5 Å². The first-order valence-electron chi connectivity index (χ1n) is 5.36. The van der Waals surface area contributed by atoms with Crippen LogP contribution in [0.5, 0.6) is 0 Å². The number of hydrogen-bond acceptors (Lipinski definition) is 2. The molecule has 1 rings (SSSR count). The summed E-state index contributed by atoms with van der Waals surface area (Å²) in [6.45, 7) is 6.74. The van der Waals surface area contributed by atoms with E-state index in [-0.39, 0.29) is 6.10 Å². The number of ether oxygens (including phenoxy) is 1. The summed E-state index contributed by atoms with van der Waals surface area (Å²) < 4.78 is 5.56. The van der Waals surface area contributed by atoms with Gasteiger partial charge in [0.25, 0.3) is 0 Å². The molecule has 0 spiro atoms. The second-order valence-electron chi connectivity index (χ2n) is 4.68. The molecule has 1 aliphatic rings. The van der Waals surface area contributed by atoms with Crippen molar-refractivity contribution in [3.8, 4) is 0 Å². The Labute approximate surface area is 81.3 Å². The molecule has 1 saturated carbocycles. The predicted molar refractivity (Wildman–Crippen MR) is 53.7 cm³/mol. The van der Waals surface area contributed by atoms with Crippen molar-refractivity contribution in [2.75, 3.05) is 6.61 Å². The van der Waals surface area contributed by atoms with E-state index in [1.165, 1.54) is 6.42 Å². The molecule has 1 fully saturated rings. The van der Waals surface area contributed by atoms with Crippen LogP contribution in [-0.2, 0) is 4.74 Å². The average molecular weight is 186 g/mol. The molecule has 2 heteroatoms. The van der Waals surface area contributed by atoms with Crippen LogP contribution < -0.4 is 0 Å². The molecule has 0 heterocycles. The van der Waals surface area contributed by atoms with Gasteiger partial charge in [-0.2, -0.15) is 0 Å². The van der Waals surface area contributed by atoms with Crippen LogP contribution >= 0.6 is 0 Å². The van der Waals surface area contributed by atoms with Gasteiger partial charge in [0.2, 0.25) is 0 Å². The van der Waals surface area contributed by atoms with Gasteiger partial charge in [-0.25, -0.2) is 0 Å². The summed E-state index contributed by atoms with van der Waals surface area (Å²) in [6.07, 6.45) is 4.71. The SMILES string of the molecule is CC(C)OC[C@H]1CCCC[C@]1(C)O. The first-order valence-corrected chi connectivity index (χ1v) is 5.36. The topological polar surface area (TPSA) is 29.5 Å². The molecule has 0 radical (unpaired) electrons. The molecule has 0 aromatic rings. The minimum atomic E-state index is -0.493. The molecule has 0 unspecified atom stereocenters. The summed E-state index contributed by atoms with van der Waals surface area (Å²) in [5.41, 5.74) is -0.493. The van der Waals surface area contributed by atoms with E-state index in [0.717, 1.165) is 19.3 Å². The fourth-order valence-corrected chi connectivity index (χ4v) is 1.96. The largest absolute Gasteiger partial charge is 0.390 e. The first-order chi connectivity index (χ1) is 6.02. The maximum atomic E-state index is 10.1. The highest BCUT2D eigenvalue weighted by Gasteiger charge is 2.34. The van der Waals surface area contributed by atoms with Gasteiger partial charge in [-0.3, -0.25) is 0 Å². The third-order valence-electron chi connectivity index (χ3n) is 3.00. The third kappa shape index (κ3) is 3.28. The molecule has 2 nitrogen and oxygen atoms in total. The van der Waals surface area contributed by atoms with Crippen LogP contribution in [0, 0.1) is 5.92 Å². The normalized spacial score (nSPS) is 35.3. The van der Waals surface area contributed by atoms with Crippen LogP contribution in [-0.4, -0.2) is 23.4 Å². The van der Waals surface area contributed by atoms with Gasteiger partial charge in [0.05, 0.1) is 18.3 Å². The summed E-state index contributed by atoms with van der Waals surface area (Å²) in [7, 11) is 0. The van der Waals surface area contributed by atoms with Crippen LogP contribution in [0.15, 0.2) is 0 Å². The van der Waals surface area contributed by atoms with E-state index in [1.54, 1.807) is 0 Å². The van der Waals surface area contributed by atoms with Crippen molar-refractivity contribution in [1.29, 1.82) is 0 Å². The zero-order valence-corrected chi connectivity index (χ0v) is 9.05. The van der Waals surface area contributed by atoms with Gasteiger partial charge in [0, 0.05) is 5.92 Å². The maximum Gasteiger partial charge on any atom is 0.0669 e. The number of rotatable bonds is 3. The summed E-state index contributed by atoms with van der Waals surface area (Å²) in [5, 5.41) is 10.1. The van der Waals surface area contributed by atoms with Crippen molar-refractivity contribution in [2.24, 2.45) is 5.92 Å². The lowest BCUT2D eigenvalue weighted by Gasteiger charge is -2.37. The van der Waals surface area contributed by atoms with E-state index >= 15 is 0 Å². The molecule has 2 atom stereocenters. The summed E-state index contributed by atoms with van der Waals surface area (Å²) in [4.78, 5) is 0. The van der Waals surface area contributed by atoms with E-state index in [2.05, 4.69) is 0 Å². The molecule has 1 aliphatic carbocycles. The zero-order chi connectivity index (χ0) is 9.90. The minimum absolute atomic E-state index is 0.276. The maximum absolute atomic E-state index is 10.1. The lowest BCUT2D eigenvalue weighted by Crippen LogP contribution is -2.40. The molecule has 0 bridgehead atoms. The van der Waals surface area contributed by atoms with Crippen LogP contribution in [0.4, 0.5) is 0 Å². The van der Waals surface area contributed by atoms with E-state index in [9.17, 15) is 5.11 Å². The molecular formula is C11H22O2. The predicted octanol–water partition coefficient (Wildman–Crippen LogP) is 2.35. The van der Waals surface area contributed by atoms with Gasteiger partial charge in [-0.1, -0.05) is 12.8 Å². The Morgan fingerprint density at radius 1 is 1.46 bits per heavy atom. The van der Waals surface area contributed by atoms with Crippen molar-refractivity contribution in [3.05, 3.63) is 0 Å². The summed E-state index contributed by atoms with van der Waals surface area (Å²) in [5.74, 6) is 0.337. The minimum Gasteiger partial charge on any atom is -0.390 e. The molecule has 78 valence electrons. The lowest BCUT2D eigenvalue weighted by molar-refractivity contribution is -0.0760. The lowest BCUT2D eigenvalue weighted by atomic mass is 9.77. The van der Waals surface area contributed by atoms with Gasteiger partial charge < -0.3 is 9.84 Å². The Morgan fingerprint density at radius 2 is 2.15 bits per heavy atom. The standard InChI is InChI=1S/C11H22O2/c1-9(2)13-8-10-6-4-5-7-11(10,3)12/h9-10,12H,4-8H2,1-3H3/t10-,11+/m1/s1. The molecular weight excluding hydrogens is 164 g/mol. The van der Waals surface area contributed by atoms with E-state index in [1.807, 2.05) is 20.8 Å². The van der Waals surface area contributed by atoms with Gasteiger partial charge >= 0.3 is 0 Å². The highest BCUT2D eigenvalue weighted by Crippen LogP contribution is 2.33. The first kappa shape index (κ1) is 11.0. The Morgan fingerprint density at radius 3 is 2.69 bits per heavy atom. The smallest absolute Gasteiger partial charge is 0.0669 e. The average Bonchev–Trinajstić information content (AvgIpc) is 2.01. The molecule has 13 heavy (non-hydrogen) atoms. The second kappa shape index (κ2) is 4.43. The Hall–Kier alpha value is -0.0800. The van der Waals surface area contributed by atoms with Crippen molar-refractivity contribution >= 4 is 0 Å². The van der Waals surface area contributed by atoms with E-state index in [4.69, 9.17) is 4.74 Å². The highest BCUT2D eigenvalue weighted by atomic mass is 16.5. The highest BCUT2D eigenvalue weighted by molar-refractivity contribution is 4.85. The van der Waals surface area contributed by atoms with Crippen molar-refractivity contribution in [2.45, 2.75) is 58.2 Å². The van der Waals surface area contributed by atoms with Crippen LogP contribution in [0.1, 0.15) is 46.5 Å². The van der Waals surface area contributed by atoms with E-state index < -0.39 is 5.60 Å². The molecule has 0 saturated heterocycles. The quantitative estimate of drug-likeness (QED) is 0.733. The monoisotopic (exact) mass is 186 g/mol. The zero-order valence-electron chi connectivity index (χ0n) is 9.05. The fraction of sp³-hybridized carbons (Fsp3) is 1.00. The molecule has 0 amide bonds. The molecule has 0 aromatic heterocycles. The van der Waals surface area contributed by atoms with Crippen molar-refractivity contribution < 1.29 is 9.84 Å². The number of hydrogen-bond donors (Lipinski definition) is 1. The second-order valence-corrected chi connectivity index (χ2v) is 4.68. The Bertz CT molecular complexity index is 152. The van der Waals surface area contributed by atoms with Crippen molar-refractivity contribution in [3.63, 3.8) is 0 Å². The number of aliphatic hydroxyl groups is 1. The van der Waals surface area contributed by atoms with Crippen LogP contribution in [0.2, 0.25) is 0 Å². The van der Waals surface area contributed by atoms with Crippen LogP contribution in [0.25, 0.3) is 0 Å².